The van der Waals surface area contributed by atoms with E-state index in [2.05, 4.69) is 34.4 Å². The molecule has 3 fully saturated rings. The van der Waals surface area contributed by atoms with E-state index < -0.39 is 115 Å². The lowest BCUT2D eigenvalue weighted by molar-refractivity contribution is -0.242. The number of anilines is 3. The van der Waals surface area contributed by atoms with Crippen molar-refractivity contribution >= 4 is 64.7 Å². The van der Waals surface area contributed by atoms with Gasteiger partial charge in [-0.15, -0.1) is 0 Å². The highest BCUT2D eigenvalue weighted by Gasteiger charge is 2.49. The number of aliphatic hydroxyl groups is 5. The van der Waals surface area contributed by atoms with E-state index >= 15 is 0 Å². The lowest BCUT2D eigenvalue weighted by Gasteiger charge is -2.35. The van der Waals surface area contributed by atoms with E-state index in [1.807, 2.05) is 0 Å². The van der Waals surface area contributed by atoms with Crippen molar-refractivity contribution in [3.8, 4) is 28.7 Å². The van der Waals surface area contributed by atoms with Gasteiger partial charge in [0.15, 0.2) is 35.5 Å². The molecule has 5 aliphatic heterocycles. The molecule has 3 saturated heterocycles. The molecule has 31 heteroatoms. The SMILES string of the molecule is C=C1C[C@H]2C(O)N(C(=O)OCc3ccc(NC(=O)[C@H](C)NC(=O)[C@@H](NC(=O)CCOCCOC)C(C)C)cc3)c3cc(OCCCCCOc4cc5c(cc4OC)C(=O)N4CC(=C)C[C@H]4C(O)N5C(=O)OCc4ccc(O[C@@H]5OC[C@@H](O)[C@H](O)[C@H]5O)c(C(=O)NC(C)(C)C)c4)c(OC)cc3C(=O)N2C1. The number of methoxy groups -OCH3 is 3. The number of nitrogens with zero attached hydrogens (tertiary/aromatic N) is 4. The highest BCUT2D eigenvalue weighted by atomic mass is 16.7. The minimum Gasteiger partial charge on any atom is -0.493 e. The number of carbonyl (C=O) groups is 8. The average molecular weight is 1450 g/mol. The highest BCUT2D eigenvalue weighted by molar-refractivity contribution is 6.07. The number of amides is 8. The summed E-state index contributed by atoms with van der Waals surface area (Å²) in [6.45, 7) is 18.6. The van der Waals surface area contributed by atoms with Crippen LogP contribution in [0.25, 0.3) is 0 Å². The number of hydrogen-bond donors (Lipinski definition) is 9. The third-order valence-corrected chi connectivity index (χ3v) is 17.9. The van der Waals surface area contributed by atoms with Gasteiger partial charge in [-0.1, -0.05) is 56.4 Å². The third-order valence-electron chi connectivity index (χ3n) is 17.9. The maximum absolute atomic E-state index is 14.5. The number of hydrogen-bond acceptors (Lipinski definition) is 23. The molecule has 9 rings (SSSR count). The zero-order valence-electron chi connectivity index (χ0n) is 59.8. The average Bonchev–Trinajstić information content (AvgIpc) is 1.59. The Hall–Kier alpha value is -9.60. The van der Waals surface area contributed by atoms with Gasteiger partial charge in [-0.2, -0.15) is 0 Å². The van der Waals surface area contributed by atoms with Crippen LogP contribution < -0.4 is 54.8 Å². The van der Waals surface area contributed by atoms with Crippen molar-refractivity contribution in [2.24, 2.45) is 5.92 Å². The van der Waals surface area contributed by atoms with Gasteiger partial charge in [0.1, 0.15) is 49.4 Å². The topological polar surface area (TPSA) is 391 Å². The molecule has 5 aliphatic rings. The van der Waals surface area contributed by atoms with Crippen molar-refractivity contribution in [2.75, 3.05) is 89.2 Å². The Balaban J connectivity index is 0.831. The summed E-state index contributed by atoms with van der Waals surface area (Å²) in [6.07, 6.45) is -9.61. The van der Waals surface area contributed by atoms with Crippen LogP contribution in [0.3, 0.4) is 0 Å². The molecule has 0 bridgehead atoms. The van der Waals surface area contributed by atoms with E-state index in [0.717, 1.165) is 9.80 Å². The second kappa shape index (κ2) is 34.8. The first kappa shape index (κ1) is 78.5. The molecule has 9 N–H and O–H groups in total. The van der Waals surface area contributed by atoms with E-state index in [0.29, 0.717) is 60.4 Å². The number of nitrogens with one attached hydrogen (secondary N) is 4. The Morgan fingerprint density at radius 1 is 0.625 bits per heavy atom. The molecular weight excluding hydrogens is 1360 g/mol. The van der Waals surface area contributed by atoms with E-state index in [9.17, 15) is 63.9 Å². The van der Waals surface area contributed by atoms with Gasteiger partial charge < -0.3 is 104 Å². The van der Waals surface area contributed by atoms with Gasteiger partial charge in [-0.3, -0.25) is 28.8 Å². The fourth-order valence-electron chi connectivity index (χ4n) is 12.4. The Labute approximate surface area is 602 Å². The van der Waals surface area contributed by atoms with E-state index in [1.165, 1.54) is 80.5 Å². The molecule has 0 aliphatic carbocycles. The number of carbonyl (C=O) groups excluding carboxylic acids is 8. The monoisotopic (exact) mass is 1450 g/mol. The minimum atomic E-state index is -1.67. The third kappa shape index (κ3) is 18.8. The second-order valence-electron chi connectivity index (χ2n) is 27.3. The summed E-state index contributed by atoms with van der Waals surface area (Å²) < 4.78 is 57.3. The molecule has 0 spiro atoms. The number of rotatable bonds is 29. The quantitative estimate of drug-likeness (QED) is 0.0260. The summed E-state index contributed by atoms with van der Waals surface area (Å²) in [6, 6.07) is 12.6. The van der Waals surface area contributed by atoms with Gasteiger partial charge in [0.2, 0.25) is 24.0 Å². The van der Waals surface area contributed by atoms with Crippen molar-refractivity contribution in [3.05, 3.63) is 119 Å². The van der Waals surface area contributed by atoms with Crippen molar-refractivity contribution < 1.29 is 111 Å². The predicted molar refractivity (Wildman–Crippen MR) is 374 cm³/mol. The standard InChI is InChI=1S/C73H94N8O23/c1-39(2)60(76-59(83)21-24-98-26-25-95-9)65(88)74-42(5)63(86)75-45-18-15-43(16-19-45)36-102-71(93)80-49-32-57(55(96-10)30-46(49)66(89)78-34-40(3)27-51(78)68(80)91)99-22-13-12-14-23-100-58-33-50-47(31-56(58)97-11)67(90)79-35-41(4)28-52(79)69(92)81(50)72(94)103-37-44-17-20-54(48(29-44)64(87)77-73(6,7)8)104-70-62(85)61(84)53(82)38-101-70/h15-20,29-33,39,42,51-53,60-62,68-70,82,84-85,91-92H,3-4,12-14,21-28,34-38H2,1-2,5-11H3,(H,74,88)(H,75,86)(H,76,83)(H,77,87)/t42-,51-,52-,53+,60-,61-,62+,68?,69?,70-/m0/s1. The maximum Gasteiger partial charge on any atom is 0.416 e. The van der Waals surface area contributed by atoms with E-state index in [-0.39, 0.29) is 134 Å². The summed E-state index contributed by atoms with van der Waals surface area (Å²) in [5.74, 6) is -2.86. The molecule has 4 aromatic carbocycles. The van der Waals surface area contributed by atoms with Gasteiger partial charge in [-0.05, 0) is 113 Å². The van der Waals surface area contributed by atoms with Crippen LogP contribution in [0.1, 0.15) is 122 Å². The number of fused-ring (bicyclic) bond motifs is 4. The molecule has 4 aromatic rings. The summed E-state index contributed by atoms with van der Waals surface area (Å²) in [5, 5.41) is 66.0. The summed E-state index contributed by atoms with van der Waals surface area (Å²) in [5.41, 5.74) is 1.66. The number of ether oxygens (including phenoxy) is 10. The molecule has 5 heterocycles. The fraction of sp³-hybridized carbons (Fsp3) is 0.507. The zero-order chi connectivity index (χ0) is 75.4. The Morgan fingerprint density at radius 3 is 1.68 bits per heavy atom. The second-order valence-corrected chi connectivity index (χ2v) is 27.3. The van der Waals surface area contributed by atoms with Crippen LogP contribution in [0.15, 0.2) is 91.0 Å². The number of aliphatic hydroxyl groups excluding tert-OH is 5. The summed E-state index contributed by atoms with van der Waals surface area (Å²) in [4.78, 5) is 115. The molecule has 104 heavy (non-hydrogen) atoms. The highest BCUT2D eigenvalue weighted by Crippen LogP contribution is 2.44. The van der Waals surface area contributed by atoms with Crippen LogP contribution >= 0.6 is 0 Å². The van der Waals surface area contributed by atoms with Crippen LogP contribution in [-0.4, -0.2) is 224 Å². The van der Waals surface area contributed by atoms with Crippen LogP contribution in [0.4, 0.5) is 26.7 Å². The summed E-state index contributed by atoms with van der Waals surface area (Å²) >= 11 is 0. The van der Waals surface area contributed by atoms with Gasteiger partial charge in [0.05, 0.1) is 94.0 Å². The van der Waals surface area contributed by atoms with Crippen molar-refractivity contribution in [2.45, 2.75) is 160 Å². The largest absolute Gasteiger partial charge is 0.493 e. The molecule has 8 amide bonds. The van der Waals surface area contributed by atoms with E-state index in [4.69, 9.17) is 47.4 Å². The first-order valence-corrected chi connectivity index (χ1v) is 34.3. The molecule has 31 nitrogen and oxygen atoms in total. The predicted octanol–water partition coefficient (Wildman–Crippen LogP) is 4.81. The van der Waals surface area contributed by atoms with Gasteiger partial charge in [-0.25, -0.2) is 19.4 Å². The smallest absolute Gasteiger partial charge is 0.416 e. The lowest BCUT2D eigenvalue weighted by atomic mass is 10.0. The van der Waals surface area contributed by atoms with Crippen molar-refractivity contribution in [1.29, 1.82) is 0 Å². The van der Waals surface area contributed by atoms with Gasteiger partial charge >= 0.3 is 12.2 Å². The summed E-state index contributed by atoms with van der Waals surface area (Å²) in [7, 11) is 4.32. The number of unbranched alkanes of at least 4 members (excludes halogenated alkanes) is 2. The molecule has 0 aromatic heterocycles. The van der Waals surface area contributed by atoms with Crippen LogP contribution in [0.5, 0.6) is 28.7 Å². The van der Waals surface area contributed by atoms with E-state index in [1.54, 1.807) is 58.9 Å². The first-order chi connectivity index (χ1) is 49.5. The molecule has 564 valence electrons. The molecule has 2 unspecified atom stereocenters. The normalized spacial score (nSPS) is 21.3. The van der Waals surface area contributed by atoms with Gasteiger partial charge in [0, 0.05) is 50.0 Å². The van der Waals surface area contributed by atoms with Crippen LogP contribution in [-0.2, 0) is 51.3 Å². The zero-order valence-corrected chi connectivity index (χ0v) is 59.8. The lowest BCUT2D eigenvalue weighted by Crippen LogP contribution is -2.54. The Morgan fingerprint density at radius 2 is 1.16 bits per heavy atom. The van der Waals surface area contributed by atoms with Crippen molar-refractivity contribution in [3.63, 3.8) is 0 Å². The minimum absolute atomic E-state index is 0.00420. The fourth-order valence-corrected chi connectivity index (χ4v) is 12.4. The van der Waals surface area contributed by atoms with Crippen LogP contribution in [0, 0.1) is 5.92 Å². The molecule has 0 saturated carbocycles. The van der Waals surface area contributed by atoms with Crippen LogP contribution in [0.2, 0.25) is 0 Å². The first-order valence-electron chi connectivity index (χ1n) is 34.3. The van der Waals surface area contributed by atoms with Gasteiger partial charge in [0.25, 0.3) is 17.7 Å². The van der Waals surface area contributed by atoms with Crippen molar-refractivity contribution in [1.82, 2.24) is 25.8 Å². The maximum atomic E-state index is 14.5. The number of benzene rings is 4. The Bertz CT molecular complexity index is 3830. The molecule has 10 atom stereocenters. The Kier molecular flexibility index (Phi) is 26.3. The molecular formula is C73H94N8O23. The molecule has 0 radical (unpaired) electrons.